The van der Waals surface area contributed by atoms with E-state index in [1.807, 2.05) is 16.7 Å². The number of nitrogens with zero attached hydrogens (tertiary/aromatic N) is 3. The summed E-state index contributed by atoms with van der Waals surface area (Å²) in [5, 5.41) is 1.72. The molecule has 0 N–H and O–H groups in total. The minimum Gasteiger partial charge on any atom is -0.464 e. The number of aromatic nitrogens is 3. The largest absolute Gasteiger partial charge is 0.464 e. The van der Waals surface area contributed by atoms with E-state index < -0.39 is 5.97 Å². The predicted molar refractivity (Wildman–Crippen MR) is 73.1 cm³/mol. The number of carbonyl (C=O) groups is 1. The average Bonchev–Trinajstić information content (AvgIpc) is 3.03. The van der Waals surface area contributed by atoms with Crippen LogP contribution in [0.1, 0.15) is 9.80 Å². The summed E-state index contributed by atoms with van der Waals surface area (Å²) >= 11 is 7.22. The topological polar surface area (TPSA) is 57.0 Å². The SMILES string of the molecule is COC(=O)c1ncc(-n2cnc3ccc(Cl)cc32)s1. The molecule has 0 amide bonds. The molecule has 1 aromatic carbocycles. The maximum atomic E-state index is 11.4. The molecular weight excluding hydrogens is 286 g/mol. The zero-order valence-electron chi connectivity index (χ0n) is 9.83. The van der Waals surface area contributed by atoms with Gasteiger partial charge in [0.05, 0.1) is 24.3 Å². The fourth-order valence-electron chi connectivity index (χ4n) is 1.72. The number of carbonyl (C=O) groups excluding carboxylic acids is 1. The van der Waals surface area contributed by atoms with Gasteiger partial charge in [-0.3, -0.25) is 4.57 Å². The molecule has 0 unspecified atom stereocenters. The second-order valence-electron chi connectivity index (χ2n) is 3.74. The minimum absolute atomic E-state index is 0.307. The van der Waals surface area contributed by atoms with Crippen LogP contribution in [0.25, 0.3) is 16.0 Å². The summed E-state index contributed by atoms with van der Waals surface area (Å²) in [7, 11) is 1.33. The number of imidazole rings is 1. The van der Waals surface area contributed by atoms with Crippen molar-refractivity contribution in [2.24, 2.45) is 0 Å². The Hall–Kier alpha value is -1.92. The highest BCUT2D eigenvalue weighted by Crippen LogP contribution is 2.25. The monoisotopic (exact) mass is 293 g/mol. The molecule has 0 radical (unpaired) electrons. The fraction of sp³-hybridized carbons (Fsp3) is 0.0833. The van der Waals surface area contributed by atoms with Gasteiger partial charge in [-0.05, 0) is 18.2 Å². The number of hydrogen-bond donors (Lipinski definition) is 0. The molecule has 0 fully saturated rings. The number of benzene rings is 1. The Morgan fingerprint density at radius 3 is 3.05 bits per heavy atom. The molecule has 0 saturated heterocycles. The van der Waals surface area contributed by atoms with Gasteiger partial charge < -0.3 is 4.74 Å². The fourth-order valence-corrected chi connectivity index (χ4v) is 2.70. The van der Waals surface area contributed by atoms with E-state index in [4.69, 9.17) is 11.6 Å². The second-order valence-corrected chi connectivity index (χ2v) is 5.19. The molecule has 7 heteroatoms. The summed E-state index contributed by atoms with van der Waals surface area (Å²) in [5.74, 6) is -0.446. The minimum atomic E-state index is -0.446. The van der Waals surface area contributed by atoms with Gasteiger partial charge >= 0.3 is 5.97 Å². The van der Waals surface area contributed by atoms with Crippen LogP contribution in [0.2, 0.25) is 5.02 Å². The third-order valence-electron chi connectivity index (χ3n) is 2.60. The van der Waals surface area contributed by atoms with E-state index in [0.29, 0.717) is 10.0 Å². The second kappa shape index (κ2) is 4.64. The molecule has 0 bridgehead atoms. The molecule has 3 rings (SSSR count). The van der Waals surface area contributed by atoms with Crippen LogP contribution in [0.15, 0.2) is 30.7 Å². The molecule has 2 aromatic heterocycles. The first-order valence-corrected chi connectivity index (χ1v) is 6.55. The van der Waals surface area contributed by atoms with Gasteiger partial charge in [0.1, 0.15) is 11.3 Å². The van der Waals surface area contributed by atoms with Crippen LogP contribution in [-0.2, 0) is 4.74 Å². The average molecular weight is 294 g/mol. The Labute approximate surface area is 117 Å². The third-order valence-corrected chi connectivity index (χ3v) is 3.81. The van der Waals surface area contributed by atoms with Crippen molar-refractivity contribution in [3.05, 3.63) is 40.8 Å². The van der Waals surface area contributed by atoms with E-state index in [1.54, 1.807) is 18.6 Å². The number of rotatable bonds is 2. The highest BCUT2D eigenvalue weighted by Gasteiger charge is 2.13. The highest BCUT2D eigenvalue weighted by atomic mass is 35.5. The van der Waals surface area contributed by atoms with Crippen molar-refractivity contribution >= 4 is 39.9 Å². The molecule has 5 nitrogen and oxygen atoms in total. The molecule has 96 valence electrons. The molecular formula is C12H8ClN3O2S. The van der Waals surface area contributed by atoms with Crippen molar-refractivity contribution in [3.8, 4) is 5.00 Å². The third kappa shape index (κ3) is 2.09. The van der Waals surface area contributed by atoms with Crippen LogP contribution < -0.4 is 0 Å². The molecule has 0 aliphatic rings. The lowest BCUT2D eigenvalue weighted by molar-refractivity contribution is 0.0600. The van der Waals surface area contributed by atoms with Gasteiger partial charge in [0.2, 0.25) is 5.01 Å². The van der Waals surface area contributed by atoms with Crippen molar-refractivity contribution in [1.82, 2.24) is 14.5 Å². The molecule has 0 atom stereocenters. The van der Waals surface area contributed by atoms with Crippen molar-refractivity contribution < 1.29 is 9.53 Å². The van der Waals surface area contributed by atoms with Crippen molar-refractivity contribution in [1.29, 1.82) is 0 Å². The van der Waals surface area contributed by atoms with E-state index in [0.717, 1.165) is 16.0 Å². The highest BCUT2D eigenvalue weighted by molar-refractivity contribution is 7.16. The maximum absolute atomic E-state index is 11.4. The van der Waals surface area contributed by atoms with Gasteiger partial charge in [-0.25, -0.2) is 14.8 Å². The quantitative estimate of drug-likeness (QED) is 0.682. The van der Waals surface area contributed by atoms with E-state index >= 15 is 0 Å². The number of methoxy groups -OCH3 is 1. The van der Waals surface area contributed by atoms with Gasteiger partial charge in [-0.15, -0.1) is 0 Å². The van der Waals surface area contributed by atoms with Crippen LogP contribution in [0.5, 0.6) is 0 Å². The number of esters is 1. The van der Waals surface area contributed by atoms with Crippen LogP contribution >= 0.6 is 22.9 Å². The lowest BCUT2D eigenvalue weighted by Gasteiger charge is -1.99. The molecule has 0 aliphatic carbocycles. The standard InChI is InChI=1S/C12H8ClN3O2S/c1-18-12(17)11-14-5-10(19-11)16-6-15-8-3-2-7(13)4-9(8)16/h2-6H,1H3. The van der Waals surface area contributed by atoms with Crippen LogP contribution in [0.3, 0.4) is 0 Å². The Kier molecular flexibility index (Phi) is 2.96. The van der Waals surface area contributed by atoms with E-state index in [9.17, 15) is 4.79 Å². The summed E-state index contributed by atoms with van der Waals surface area (Å²) in [5.41, 5.74) is 1.70. The van der Waals surface area contributed by atoms with Crippen LogP contribution in [0, 0.1) is 0 Å². The van der Waals surface area contributed by atoms with E-state index in [2.05, 4.69) is 14.7 Å². The van der Waals surface area contributed by atoms with Gasteiger partial charge in [0, 0.05) is 5.02 Å². The first kappa shape index (κ1) is 12.1. The van der Waals surface area contributed by atoms with Crippen molar-refractivity contribution in [2.45, 2.75) is 0 Å². The Balaban J connectivity index is 2.11. The summed E-state index contributed by atoms with van der Waals surface area (Å²) < 4.78 is 6.48. The van der Waals surface area contributed by atoms with Crippen LogP contribution in [0.4, 0.5) is 0 Å². The smallest absolute Gasteiger partial charge is 0.367 e. The van der Waals surface area contributed by atoms with Gasteiger partial charge in [0.25, 0.3) is 0 Å². The maximum Gasteiger partial charge on any atom is 0.367 e. The normalized spacial score (nSPS) is 10.8. The molecule has 3 aromatic rings. The summed E-state index contributed by atoms with van der Waals surface area (Å²) in [6.45, 7) is 0. The number of hydrogen-bond acceptors (Lipinski definition) is 5. The summed E-state index contributed by atoms with van der Waals surface area (Å²) in [4.78, 5) is 19.7. The predicted octanol–water partition coefficient (Wildman–Crippen LogP) is 2.92. The van der Waals surface area contributed by atoms with E-state index in [-0.39, 0.29) is 0 Å². The Morgan fingerprint density at radius 2 is 2.26 bits per heavy atom. The van der Waals surface area contributed by atoms with Crippen molar-refractivity contribution in [3.63, 3.8) is 0 Å². The van der Waals surface area contributed by atoms with Gasteiger partial charge in [-0.1, -0.05) is 22.9 Å². The van der Waals surface area contributed by atoms with Gasteiger partial charge in [-0.2, -0.15) is 0 Å². The summed E-state index contributed by atoms with van der Waals surface area (Å²) in [6, 6.07) is 5.45. The van der Waals surface area contributed by atoms with Gasteiger partial charge in [0.15, 0.2) is 0 Å². The number of halogens is 1. The Bertz CT molecular complexity index is 765. The lowest BCUT2D eigenvalue weighted by Crippen LogP contribution is -1.99. The summed E-state index contributed by atoms with van der Waals surface area (Å²) in [6.07, 6.45) is 3.29. The molecule has 19 heavy (non-hydrogen) atoms. The number of ether oxygens (including phenoxy) is 1. The molecule has 0 aliphatic heterocycles. The van der Waals surface area contributed by atoms with Crippen LogP contribution in [-0.4, -0.2) is 27.6 Å². The molecule has 0 saturated carbocycles. The van der Waals surface area contributed by atoms with Crippen molar-refractivity contribution in [2.75, 3.05) is 7.11 Å². The van der Waals surface area contributed by atoms with E-state index in [1.165, 1.54) is 18.4 Å². The Morgan fingerprint density at radius 1 is 1.42 bits per heavy atom. The number of fused-ring (bicyclic) bond motifs is 1. The lowest BCUT2D eigenvalue weighted by atomic mass is 10.3. The first-order valence-electron chi connectivity index (χ1n) is 5.36. The molecule has 2 heterocycles. The number of thiazole rings is 1. The zero-order chi connectivity index (χ0) is 13.4. The first-order chi connectivity index (χ1) is 9.19. The molecule has 0 spiro atoms. The zero-order valence-corrected chi connectivity index (χ0v) is 11.4.